The van der Waals surface area contributed by atoms with Crippen LogP contribution >= 0.6 is 0 Å². The molecule has 2 nitrogen and oxygen atoms in total. The Balaban J connectivity index is 2.21. The van der Waals surface area contributed by atoms with Crippen LogP contribution in [0.15, 0.2) is 0 Å². The maximum absolute atomic E-state index is 3.41. The SMILES string of the molecule is CCNCCC(C)N(C)C1CCCCC1. The van der Waals surface area contributed by atoms with Gasteiger partial charge in [0.15, 0.2) is 0 Å². The van der Waals surface area contributed by atoms with E-state index in [1.807, 2.05) is 0 Å². The Labute approximate surface area is 95.4 Å². The lowest BCUT2D eigenvalue weighted by molar-refractivity contribution is 0.140. The highest BCUT2D eigenvalue weighted by molar-refractivity contribution is 4.77. The minimum absolute atomic E-state index is 0.729. The van der Waals surface area contributed by atoms with E-state index in [2.05, 4.69) is 31.1 Å². The lowest BCUT2D eigenvalue weighted by Gasteiger charge is -2.35. The molecule has 0 heterocycles. The quantitative estimate of drug-likeness (QED) is 0.681. The van der Waals surface area contributed by atoms with Gasteiger partial charge in [0.2, 0.25) is 0 Å². The van der Waals surface area contributed by atoms with E-state index in [4.69, 9.17) is 0 Å². The van der Waals surface area contributed by atoms with Crippen molar-refractivity contribution in [1.82, 2.24) is 10.2 Å². The largest absolute Gasteiger partial charge is 0.317 e. The predicted molar refractivity (Wildman–Crippen MR) is 67.3 cm³/mol. The first-order valence-corrected chi connectivity index (χ1v) is 6.68. The predicted octanol–water partition coefficient (Wildman–Crippen LogP) is 2.64. The van der Waals surface area contributed by atoms with E-state index in [0.717, 1.165) is 25.2 Å². The van der Waals surface area contributed by atoms with Gasteiger partial charge in [-0.15, -0.1) is 0 Å². The van der Waals surface area contributed by atoms with Crippen LogP contribution in [0.3, 0.4) is 0 Å². The average molecular weight is 212 g/mol. The molecule has 0 spiro atoms. The maximum atomic E-state index is 3.41. The summed E-state index contributed by atoms with van der Waals surface area (Å²) < 4.78 is 0. The lowest BCUT2D eigenvalue weighted by atomic mass is 9.93. The van der Waals surface area contributed by atoms with Crippen LogP contribution in [0.25, 0.3) is 0 Å². The number of nitrogens with one attached hydrogen (secondary N) is 1. The summed E-state index contributed by atoms with van der Waals surface area (Å²) in [6.45, 7) is 6.80. The summed E-state index contributed by atoms with van der Waals surface area (Å²) in [4.78, 5) is 2.61. The zero-order chi connectivity index (χ0) is 11.1. The Bertz CT molecular complexity index is 153. The summed E-state index contributed by atoms with van der Waals surface area (Å²) in [7, 11) is 2.31. The third-order valence-corrected chi connectivity index (χ3v) is 3.83. The molecule has 1 rings (SSSR count). The van der Waals surface area contributed by atoms with Crippen molar-refractivity contribution in [2.75, 3.05) is 20.1 Å². The van der Waals surface area contributed by atoms with E-state index in [1.165, 1.54) is 38.5 Å². The topological polar surface area (TPSA) is 15.3 Å². The van der Waals surface area contributed by atoms with Crippen molar-refractivity contribution >= 4 is 0 Å². The minimum Gasteiger partial charge on any atom is -0.317 e. The van der Waals surface area contributed by atoms with E-state index in [0.29, 0.717) is 0 Å². The highest BCUT2D eigenvalue weighted by Crippen LogP contribution is 2.23. The monoisotopic (exact) mass is 212 g/mol. The van der Waals surface area contributed by atoms with E-state index < -0.39 is 0 Å². The zero-order valence-electron chi connectivity index (χ0n) is 10.8. The molecule has 0 bridgehead atoms. The molecule has 90 valence electrons. The number of hydrogen-bond acceptors (Lipinski definition) is 2. The Kier molecular flexibility index (Phi) is 6.26. The molecule has 0 radical (unpaired) electrons. The van der Waals surface area contributed by atoms with Gasteiger partial charge in [0.25, 0.3) is 0 Å². The van der Waals surface area contributed by atoms with Crippen molar-refractivity contribution in [2.45, 2.75) is 64.5 Å². The highest BCUT2D eigenvalue weighted by atomic mass is 15.2. The van der Waals surface area contributed by atoms with Crippen molar-refractivity contribution in [3.63, 3.8) is 0 Å². The summed E-state index contributed by atoms with van der Waals surface area (Å²) in [6, 6.07) is 1.59. The first-order chi connectivity index (χ1) is 7.25. The Morgan fingerprint density at radius 2 is 1.93 bits per heavy atom. The molecule has 1 saturated carbocycles. The second-order valence-corrected chi connectivity index (χ2v) is 4.95. The molecule has 1 atom stereocenters. The van der Waals surface area contributed by atoms with Gasteiger partial charge in [-0.1, -0.05) is 26.2 Å². The molecule has 0 amide bonds. The van der Waals surface area contributed by atoms with Gasteiger partial charge in [0.1, 0.15) is 0 Å². The van der Waals surface area contributed by atoms with Gasteiger partial charge in [-0.2, -0.15) is 0 Å². The molecular weight excluding hydrogens is 184 g/mol. The molecule has 1 unspecified atom stereocenters. The first kappa shape index (κ1) is 13.0. The first-order valence-electron chi connectivity index (χ1n) is 6.68. The van der Waals surface area contributed by atoms with Crippen LogP contribution in [0.1, 0.15) is 52.4 Å². The molecule has 1 aliphatic carbocycles. The molecule has 1 N–H and O–H groups in total. The van der Waals surface area contributed by atoms with Gasteiger partial charge in [-0.05, 0) is 46.3 Å². The van der Waals surface area contributed by atoms with Crippen LogP contribution in [0.2, 0.25) is 0 Å². The van der Waals surface area contributed by atoms with E-state index >= 15 is 0 Å². The maximum Gasteiger partial charge on any atom is 0.00950 e. The smallest absolute Gasteiger partial charge is 0.00950 e. The summed E-state index contributed by atoms with van der Waals surface area (Å²) in [5, 5.41) is 3.41. The zero-order valence-corrected chi connectivity index (χ0v) is 10.8. The highest BCUT2D eigenvalue weighted by Gasteiger charge is 2.21. The Hall–Kier alpha value is -0.0800. The van der Waals surface area contributed by atoms with Crippen molar-refractivity contribution < 1.29 is 0 Å². The van der Waals surface area contributed by atoms with Crippen LogP contribution in [-0.2, 0) is 0 Å². The standard InChI is InChI=1S/C13H28N2/c1-4-14-11-10-12(2)15(3)13-8-6-5-7-9-13/h12-14H,4-11H2,1-3H3. The molecule has 0 aromatic rings. The fraction of sp³-hybridized carbons (Fsp3) is 1.00. The molecular formula is C13H28N2. The molecule has 0 aromatic heterocycles. The lowest BCUT2D eigenvalue weighted by Crippen LogP contribution is -2.41. The molecule has 1 aliphatic rings. The normalized spacial score (nSPS) is 20.8. The summed E-state index contributed by atoms with van der Waals surface area (Å²) in [5.41, 5.74) is 0. The fourth-order valence-corrected chi connectivity index (χ4v) is 2.54. The van der Waals surface area contributed by atoms with Crippen molar-refractivity contribution in [2.24, 2.45) is 0 Å². The van der Waals surface area contributed by atoms with Gasteiger partial charge in [-0.25, -0.2) is 0 Å². The van der Waals surface area contributed by atoms with Gasteiger partial charge in [0, 0.05) is 12.1 Å². The summed E-state index contributed by atoms with van der Waals surface area (Å²) in [6.07, 6.45) is 8.45. The average Bonchev–Trinajstić information content (AvgIpc) is 2.29. The van der Waals surface area contributed by atoms with Gasteiger partial charge < -0.3 is 10.2 Å². The Morgan fingerprint density at radius 3 is 2.53 bits per heavy atom. The summed E-state index contributed by atoms with van der Waals surface area (Å²) >= 11 is 0. The van der Waals surface area contributed by atoms with Crippen LogP contribution in [0.5, 0.6) is 0 Å². The van der Waals surface area contributed by atoms with Crippen molar-refractivity contribution in [3.8, 4) is 0 Å². The van der Waals surface area contributed by atoms with Gasteiger partial charge >= 0.3 is 0 Å². The summed E-state index contributed by atoms with van der Waals surface area (Å²) in [5.74, 6) is 0. The van der Waals surface area contributed by atoms with Crippen molar-refractivity contribution in [1.29, 1.82) is 0 Å². The number of hydrogen-bond donors (Lipinski definition) is 1. The van der Waals surface area contributed by atoms with E-state index in [1.54, 1.807) is 0 Å². The van der Waals surface area contributed by atoms with Crippen LogP contribution in [0.4, 0.5) is 0 Å². The van der Waals surface area contributed by atoms with Crippen molar-refractivity contribution in [3.05, 3.63) is 0 Å². The third-order valence-electron chi connectivity index (χ3n) is 3.83. The third kappa shape index (κ3) is 4.52. The number of nitrogens with zero attached hydrogens (tertiary/aromatic N) is 1. The second-order valence-electron chi connectivity index (χ2n) is 4.95. The molecule has 2 heteroatoms. The van der Waals surface area contributed by atoms with Crippen LogP contribution < -0.4 is 5.32 Å². The minimum atomic E-state index is 0.729. The van der Waals surface area contributed by atoms with E-state index in [-0.39, 0.29) is 0 Å². The molecule has 0 aliphatic heterocycles. The number of rotatable bonds is 6. The fourth-order valence-electron chi connectivity index (χ4n) is 2.54. The van der Waals surface area contributed by atoms with E-state index in [9.17, 15) is 0 Å². The Morgan fingerprint density at radius 1 is 1.27 bits per heavy atom. The van der Waals surface area contributed by atoms with Gasteiger partial charge in [0.05, 0.1) is 0 Å². The van der Waals surface area contributed by atoms with Crippen LogP contribution in [-0.4, -0.2) is 37.1 Å². The van der Waals surface area contributed by atoms with Gasteiger partial charge in [-0.3, -0.25) is 0 Å². The second kappa shape index (κ2) is 7.24. The molecule has 15 heavy (non-hydrogen) atoms. The van der Waals surface area contributed by atoms with Crippen LogP contribution in [0, 0.1) is 0 Å². The molecule has 0 aromatic carbocycles. The molecule has 0 saturated heterocycles. The molecule has 1 fully saturated rings.